The van der Waals surface area contributed by atoms with Gasteiger partial charge < -0.3 is 9.88 Å². The number of rotatable bonds is 5. The zero-order chi connectivity index (χ0) is 19.8. The summed E-state index contributed by atoms with van der Waals surface area (Å²) >= 11 is 0. The molecule has 0 saturated heterocycles. The summed E-state index contributed by atoms with van der Waals surface area (Å²) in [5, 5.41) is 3.21. The molecule has 2 heterocycles. The van der Waals surface area contributed by atoms with Gasteiger partial charge in [0.1, 0.15) is 13.7 Å². The second-order valence-electron chi connectivity index (χ2n) is 8.17. The predicted octanol–water partition coefficient (Wildman–Crippen LogP) is 3.15. The van der Waals surface area contributed by atoms with E-state index in [0.29, 0.717) is 6.54 Å². The Balaban J connectivity index is 1.53. The molecule has 5 rings (SSSR count). The quantitative estimate of drug-likeness (QED) is 0.691. The number of amides is 1. The van der Waals surface area contributed by atoms with Crippen LogP contribution in [0.25, 0.3) is 11.4 Å². The van der Waals surface area contributed by atoms with Gasteiger partial charge in [0.2, 0.25) is 5.91 Å². The van der Waals surface area contributed by atoms with Crippen molar-refractivity contribution in [2.75, 3.05) is 6.54 Å². The molecule has 0 bridgehead atoms. The molecule has 1 atom stereocenters. The lowest BCUT2D eigenvalue weighted by molar-refractivity contribution is -0.124. The molecular formula is C24H24BN3O. The lowest BCUT2D eigenvalue weighted by Gasteiger charge is -2.34. The zero-order valence-electron chi connectivity index (χ0n) is 16.5. The van der Waals surface area contributed by atoms with Crippen molar-refractivity contribution in [3.63, 3.8) is 0 Å². The van der Waals surface area contributed by atoms with Gasteiger partial charge in [0.25, 0.3) is 0 Å². The van der Waals surface area contributed by atoms with Gasteiger partial charge in [0.05, 0.1) is 5.54 Å². The third-order valence-electron chi connectivity index (χ3n) is 6.57. The van der Waals surface area contributed by atoms with Gasteiger partial charge in [-0.3, -0.25) is 4.79 Å². The Hall–Kier alpha value is -2.82. The van der Waals surface area contributed by atoms with Crippen molar-refractivity contribution < 1.29 is 4.79 Å². The van der Waals surface area contributed by atoms with Gasteiger partial charge in [-0.25, -0.2) is 4.98 Å². The zero-order valence-corrected chi connectivity index (χ0v) is 16.5. The lowest BCUT2D eigenvalue weighted by Crippen LogP contribution is -2.39. The molecule has 1 amide bonds. The average molecular weight is 381 g/mol. The number of hydrogen-bond donors (Lipinski definition) is 1. The highest BCUT2D eigenvalue weighted by Gasteiger charge is 2.44. The summed E-state index contributed by atoms with van der Waals surface area (Å²) in [6, 6.07) is 16.5. The minimum atomic E-state index is -0.404. The Morgan fingerprint density at radius 1 is 1.14 bits per heavy atom. The van der Waals surface area contributed by atoms with E-state index in [0.717, 1.165) is 41.7 Å². The van der Waals surface area contributed by atoms with E-state index in [1.165, 1.54) is 18.4 Å². The van der Waals surface area contributed by atoms with Crippen LogP contribution in [0.5, 0.6) is 0 Å². The minimum absolute atomic E-state index is 0.183. The van der Waals surface area contributed by atoms with Crippen LogP contribution in [-0.4, -0.2) is 29.8 Å². The van der Waals surface area contributed by atoms with Crippen molar-refractivity contribution in [1.82, 2.24) is 14.9 Å². The normalized spacial score (nSPS) is 20.4. The summed E-state index contributed by atoms with van der Waals surface area (Å²) in [5.41, 5.74) is 3.88. The molecule has 0 spiro atoms. The molecule has 5 heteroatoms. The molecule has 2 aromatic carbocycles. The van der Waals surface area contributed by atoms with E-state index in [-0.39, 0.29) is 11.8 Å². The van der Waals surface area contributed by atoms with Gasteiger partial charge in [-0.2, -0.15) is 0 Å². The highest BCUT2D eigenvalue weighted by atomic mass is 16.1. The van der Waals surface area contributed by atoms with Crippen LogP contribution in [0.4, 0.5) is 0 Å². The number of carbonyl (C=O) groups excluding carboxylic acids is 1. The molecule has 1 aliphatic carbocycles. The first-order chi connectivity index (χ1) is 14.2. The molecule has 1 N–H and O–H groups in total. The summed E-state index contributed by atoms with van der Waals surface area (Å²) in [7, 11) is 5.97. The van der Waals surface area contributed by atoms with Crippen molar-refractivity contribution in [1.29, 1.82) is 0 Å². The first-order valence-corrected chi connectivity index (χ1v) is 10.5. The fraction of sp³-hybridized carbons (Fsp3) is 0.333. The monoisotopic (exact) mass is 381 g/mol. The van der Waals surface area contributed by atoms with Crippen LogP contribution in [0, 0.1) is 5.92 Å². The Morgan fingerprint density at radius 2 is 1.90 bits per heavy atom. The number of aromatic nitrogens is 2. The molecule has 1 aliphatic heterocycles. The molecule has 2 radical (unpaired) electrons. The Bertz CT molecular complexity index is 1040. The van der Waals surface area contributed by atoms with Crippen LogP contribution in [0.3, 0.4) is 0 Å². The highest BCUT2D eigenvalue weighted by Crippen LogP contribution is 2.48. The molecule has 2 aliphatic rings. The number of nitrogens with zero attached hydrogens (tertiary/aromatic N) is 2. The SMILES string of the molecule is [B]c1ccc(C2(CCNC(=O)C3CCCC3)c3ccccc3-c3nccn32)cc1. The van der Waals surface area contributed by atoms with E-state index in [9.17, 15) is 4.79 Å². The first kappa shape index (κ1) is 18.2. The largest absolute Gasteiger partial charge is 0.356 e. The van der Waals surface area contributed by atoms with Gasteiger partial charge in [-0.05, 0) is 30.4 Å². The smallest absolute Gasteiger partial charge is 0.223 e. The van der Waals surface area contributed by atoms with Crippen LogP contribution >= 0.6 is 0 Å². The third-order valence-corrected chi connectivity index (χ3v) is 6.57. The summed E-state index contributed by atoms with van der Waals surface area (Å²) in [5.74, 6) is 1.36. The van der Waals surface area contributed by atoms with E-state index in [4.69, 9.17) is 7.85 Å². The highest BCUT2D eigenvalue weighted by molar-refractivity contribution is 6.32. The molecule has 1 aromatic heterocycles. The van der Waals surface area contributed by atoms with Gasteiger partial charge in [-0.15, -0.1) is 0 Å². The number of benzene rings is 2. The number of imidazole rings is 1. The van der Waals surface area contributed by atoms with E-state index in [2.05, 4.69) is 51.3 Å². The third kappa shape index (κ3) is 2.91. The van der Waals surface area contributed by atoms with Crippen molar-refractivity contribution in [2.45, 2.75) is 37.6 Å². The molecule has 1 unspecified atom stereocenters. The number of carbonyl (C=O) groups is 1. The van der Waals surface area contributed by atoms with Gasteiger partial charge in [0, 0.05) is 30.4 Å². The van der Waals surface area contributed by atoms with Crippen LogP contribution in [0.15, 0.2) is 60.9 Å². The van der Waals surface area contributed by atoms with Crippen LogP contribution in [-0.2, 0) is 10.3 Å². The minimum Gasteiger partial charge on any atom is -0.356 e. The maximum Gasteiger partial charge on any atom is 0.223 e. The van der Waals surface area contributed by atoms with Gasteiger partial charge in [-0.1, -0.05) is 66.8 Å². The molecule has 144 valence electrons. The Labute approximate surface area is 172 Å². The first-order valence-electron chi connectivity index (χ1n) is 10.5. The molecule has 29 heavy (non-hydrogen) atoms. The predicted molar refractivity (Wildman–Crippen MR) is 115 cm³/mol. The summed E-state index contributed by atoms with van der Waals surface area (Å²) in [6.45, 7) is 0.617. The topological polar surface area (TPSA) is 46.9 Å². The van der Waals surface area contributed by atoms with Crippen molar-refractivity contribution in [3.05, 3.63) is 72.1 Å². The van der Waals surface area contributed by atoms with Gasteiger partial charge >= 0.3 is 0 Å². The Kier molecular flexibility index (Phi) is 4.54. The maximum absolute atomic E-state index is 12.6. The summed E-state index contributed by atoms with van der Waals surface area (Å²) in [6.07, 6.45) is 9.03. The van der Waals surface area contributed by atoms with Crippen molar-refractivity contribution in [3.8, 4) is 11.4 Å². The number of nitrogens with one attached hydrogen (secondary N) is 1. The second-order valence-corrected chi connectivity index (χ2v) is 8.17. The van der Waals surface area contributed by atoms with Crippen molar-refractivity contribution >= 4 is 19.2 Å². The summed E-state index contributed by atoms with van der Waals surface area (Å²) in [4.78, 5) is 17.2. The number of fused-ring (bicyclic) bond motifs is 3. The second kappa shape index (κ2) is 7.22. The molecule has 3 aromatic rings. The maximum atomic E-state index is 12.6. The van der Waals surface area contributed by atoms with E-state index in [1.807, 2.05) is 24.5 Å². The Morgan fingerprint density at radius 3 is 2.69 bits per heavy atom. The molecular weight excluding hydrogens is 357 g/mol. The van der Waals surface area contributed by atoms with Crippen molar-refractivity contribution in [2.24, 2.45) is 5.92 Å². The summed E-state index contributed by atoms with van der Waals surface area (Å²) < 4.78 is 2.25. The fourth-order valence-corrected chi connectivity index (χ4v) is 5.13. The molecule has 1 fully saturated rings. The molecule has 4 nitrogen and oxygen atoms in total. The van der Waals surface area contributed by atoms with E-state index in [1.54, 1.807) is 0 Å². The van der Waals surface area contributed by atoms with E-state index >= 15 is 0 Å². The van der Waals surface area contributed by atoms with Crippen LogP contribution in [0.1, 0.15) is 43.2 Å². The van der Waals surface area contributed by atoms with Crippen LogP contribution in [0.2, 0.25) is 0 Å². The lowest BCUT2D eigenvalue weighted by atomic mass is 9.79. The van der Waals surface area contributed by atoms with E-state index < -0.39 is 5.54 Å². The molecule has 1 saturated carbocycles. The fourth-order valence-electron chi connectivity index (χ4n) is 5.13. The number of hydrogen-bond acceptors (Lipinski definition) is 2. The van der Waals surface area contributed by atoms with Crippen LogP contribution < -0.4 is 10.8 Å². The average Bonchev–Trinajstić information content (AvgIpc) is 3.48. The van der Waals surface area contributed by atoms with Gasteiger partial charge in [0.15, 0.2) is 0 Å². The standard InChI is InChI=1S/C24H24BN3O/c25-19-11-9-18(10-12-19)24(13-14-27-23(29)17-5-1-2-6-17)21-8-4-3-7-20(21)22-26-15-16-28(22)24/h3-4,7-12,15-17H,1-2,5-6,13-14H2,(H,27,29).